The van der Waals surface area contributed by atoms with Crippen LogP contribution < -0.4 is 4.90 Å². The number of hydrogen-bond donors (Lipinski definition) is 0. The number of carbonyl (C=O) groups is 1. The van der Waals surface area contributed by atoms with E-state index in [1.54, 1.807) is 0 Å². The molecule has 0 bridgehead atoms. The van der Waals surface area contributed by atoms with E-state index in [4.69, 9.17) is 0 Å². The summed E-state index contributed by atoms with van der Waals surface area (Å²) in [5, 5.41) is 0. The van der Waals surface area contributed by atoms with E-state index in [0.29, 0.717) is 13.0 Å². The molecular formula is C20H28N2O3S. The number of rotatable bonds is 4. The van der Waals surface area contributed by atoms with Crippen molar-refractivity contribution in [3.05, 3.63) is 29.8 Å². The van der Waals surface area contributed by atoms with Gasteiger partial charge in [0.2, 0.25) is 5.91 Å². The van der Waals surface area contributed by atoms with Crippen LogP contribution in [0.3, 0.4) is 0 Å². The van der Waals surface area contributed by atoms with E-state index in [-0.39, 0.29) is 29.5 Å². The second-order valence-corrected chi connectivity index (χ2v) is 10.2. The lowest BCUT2D eigenvalue weighted by Gasteiger charge is -2.37. The summed E-state index contributed by atoms with van der Waals surface area (Å²) in [4.78, 5) is 17.4. The van der Waals surface area contributed by atoms with Crippen LogP contribution >= 0.6 is 0 Å². The third-order valence-electron chi connectivity index (χ3n) is 6.14. The van der Waals surface area contributed by atoms with Crippen LogP contribution in [0, 0.1) is 0 Å². The fraction of sp³-hybridized carbons (Fsp3) is 0.650. The number of aryl methyl sites for hydroxylation is 1. The molecule has 0 aromatic heterocycles. The molecule has 5 nitrogen and oxygen atoms in total. The molecule has 0 N–H and O–H groups in total. The average molecular weight is 377 g/mol. The number of anilines is 1. The topological polar surface area (TPSA) is 57.7 Å². The fourth-order valence-corrected chi connectivity index (χ4v) is 6.61. The van der Waals surface area contributed by atoms with E-state index in [1.165, 1.54) is 5.56 Å². The zero-order chi connectivity index (χ0) is 18.1. The number of carbonyl (C=O) groups excluding carboxylic acids is 1. The third kappa shape index (κ3) is 3.61. The van der Waals surface area contributed by atoms with Gasteiger partial charge in [-0.15, -0.1) is 0 Å². The molecule has 1 aromatic rings. The summed E-state index contributed by atoms with van der Waals surface area (Å²) >= 11 is 0. The molecule has 6 heteroatoms. The molecule has 0 radical (unpaired) electrons. The van der Waals surface area contributed by atoms with Gasteiger partial charge in [-0.2, -0.15) is 0 Å². The second-order valence-electron chi connectivity index (χ2n) is 7.95. The van der Waals surface area contributed by atoms with Gasteiger partial charge in [-0.1, -0.05) is 31.0 Å². The van der Waals surface area contributed by atoms with Gasteiger partial charge >= 0.3 is 0 Å². The molecule has 1 amide bonds. The minimum absolute atomic E-state index is 0.107. The lowest BCUT2D eigenvalue weighted by atomic mass is 10.0. The first-order valence-electron chi connectivity index (χ1n) is 9.88. The van der Waals surface area contributed by atoms with E-state index in [0.717, 1.165) is 50.8 Å². The van der Waals surface area contributed by atoms with E-state index in [2.05, 4.69) is 23.1 Å². The highest BCUT2D eigenvalue weighted by atomic mass is 32.2. The maximum atomic E-state index is 13.3. The van der Waals surface area contributed by atoms with Crippen molar-refractivity contribution in [2.45, 2.75) is 57.0 Å². The van der Waals surface area contributed by atoms with Crippen LogP contribution in [0.5, 0.6) is 0 Å². The van der Waals surface area contributed by atoms with Gasteiger partial charge in [-0.3, -0.25) is 4.79 Å². The summed E-state index contributed by atoms with van der Waals surface area (Å²) in [6, 6.07) is 8.42. The van der Waals surface area contributed by atoms with Crippen molar-refractivity contribution in [2.75, 3.05) is 29.5 Å². The van der Waals surface area contributed by atoms with Crippen molar-refractivity contribution < 1.29 is 13.2 Å². The number of para-hydroxylation sites is 1. The summed E-state index contributed by atoms with van der Waals surface area (Å²) in [7, 11) is -2.99. The van der Waals surface area contributed by atoms with E-state index in [9.17, 15) is 13.2 Å². The van der Waals surface area contributed by atoms with Gasteiger partial charge in [-0.05, 0) is 43.7 Å². The molecule has 2 fully saturated rings. The Morgan fingerprint density at radius 1 is 1.08 bits per heavy atom. The molecule has 1 saturated carbocycles. The van der Waals surface area contributed by atoms with E-state index in [1.807, 2.05) is 11.0 Å². The summed E-state index contributed by atoms with van der Waals surface area (Å²) in [6.45, 7) is 1.26. The zero-order valence-electron chi connectivity index (χ0n) is 15.3. The molecule has 1 aromatic carbocycles. The van der Waals surface area contributed by atoms with E-state index < -0.39 is 9.84 Å². The van der Waals surface area contributed by atoms with E-state index >= 15 is 0 Å². The first-order chi connectivity index (χ1) is 12.5. The Kier molecular flexibility index (Phi) is 4.95. The van der Waals surface area contributed by atoms with Crippen LogP contribution in [-0.4, -0.2) is 55.9 Å². The van der Waals surface area contributed by atoms with Gasteiger partial charge in [0.15, 0.2) is 9.84 Å². The largest absolute Gasteiger partial charge is 0.362 e. The predicted octanol–water partition coefficient (Wildman–Crippen LogP) is 2.40. The van der Waals surface area contributed by atoms with Crippen molar-refractivity contribution in [3.63, 3.8) is 0 Å². The molecular weight excluding hydrogens is 348 g/mol. The molecule has 1 aliphatic carbocycles. The molecule has 26 heavy (non-hydrogen) atoms. The van der Waals surface area contributed by atoms with Crippen molar-refractivity contribution >= 4 is 21.4 Å². The minimum Gasteiger partial charge on any atom is -0.362 e. The predicted molar refractivity (Wildman–Crippen MR) is 103 cm³/mol. The monoisotopic (exact) mass is 376 g/mol. The molecule has 2 heterocycles. The maximum absolute atomic E-state index is 13.3. The summed E-state index contributed by atoms with van der Waals surface area (Å²) < 4.78 is 24.0. The molecule has 0 spiro atoms. The minimum atomic E-state index is -2.99. The smallest absolute Gasteiger partial charge is 0.242 e. The number of benzene rings is 1. The Morgan fingerprint density at radius 2 is 1.85 bits per heavy atom. The Morgan fingerprint density at radius 3 is 2.58 bits per heavy atom. The van der Waals surface area contributed by atoms with Crippen LogP contribution in [0.4, 0.5) is 5.69 Å². The molecule has 142 valence electrons. The summed E-state index contributed by atoms with van der Waals surface area (Å²) in [6.07, 6.45) is 7.03. The van der Waals surface area contributed by atoms with Crippen molar-refractivity contribution in [1.29, 1.82) is 0 Å². The second kappa shape index (κ2) is 7.22. The highest BCUT2D eigenvalue weighted by molar-refractivity contribution is 7.91. The van der Waals surface area contributed by atoms with Gasteiger partial charge in [0, 0.05) is 24.3 Å². The number of amides is 1. The van der Waals surface area contributed by atoms with Gasteiger partial charge in [0.1, 0.15) is 0 Å². The SMILES string of the molecule is O=C(CN1CCCc2ccccc21)N(C1CCCC1)C1CCS(=O)(=O)C1. The molecule has 2 aliphatic heterocycles. The lowest BCUT2D eigenvalue weighted by Crippen LogP contribution is -2.51. The van der Waals surface area contributed by atoms with Crippen molar-refractivity contribution in [2.24, 2.45) is 0 Å². The average Bonchev–Trinajstić information content (AvgIpc) is 3.26. The van der Waals surface area contributed by atoms with Crippen LogP contribution in [0.25, 0.3) is 0 Å². The van der Waals surface area contributed by atoms with Crippen molar-refractivity contribution in [3.8, 4) is 0 Å². The maximum Gasteiger partial charge on any atom is 0.242 e. The molecule has 3 aliphatic rings. The van der Waals surface area contributed by atoms with Gasteiger partial charge in [0.05, 0.1) is 18.1 Å². The molecule has 1 atom stereocenters. The first kappa shape index (κ1) is 17.8. The summed E-state index contributed by atoms with van der Waals surface area (Å²) in [5.74, 6) is 0.475. The van der Waals surface area contributed by atoms with Crippen LogP contribution in [0.2, 0.25) is 0 Å². The molecule has 1 saturated heterocycles. The zero-order valence-corrected chi connectivity index (χ0v) is 16.1. The first-order valence-corrected chi connectivity index (χ1v) is 11.7. The molecule has 4 rings (SSSR count). The number of fused-ring (bicyclic) bond motifs is 1. The van der Waals surface area contributed by atoms with Crippen LogP contribution in [-0.2, 0) is 21.1 Å². The van der Waals surface area contributed by atoms with Gasteiger partial charge in [0.25, 0.3) is 0 Å². The number of nitrogens with zero attached hydrogens (tertiary/aromatic N) is 2. The quantitative estimate of drug-likeness (QED) is 0.810. The Labute approximate surface area is 156 Å². The molecule has 1 unspecified atom stereocenters. The standard InChI is InChI=1S/C20H28N2O3S/c23-20(14-21-12-5-7-16-6-1-4-10-19(16)21)22(17-8-2-3-9-17)18-11-13-26(24,25)15-18/h1,4,6,10,17-18H,2-3,5,7-9,11-15H2. The fourth-order valence-electron chi connectivity index (χ4n) is 4.90. The van der Waals surface area contributed by atoms with Crippen molar-refractivity contribution in [1.82, 2.24) is 4.90 Å². The Bertz CT molecular complexity index is 771. The van der Waals surface area contributed by atoms with Crippen LogP contribution in [0.1, 0.15) is 44.1 Å². The van der Waals surface area contributed by atoms with Crippen LogP contribution in [0.15, 0.2) is 24.3 Å². The Hall–Kier alpha value is -1.56. The number of hydrogen-bond acceptors (Lipinski definition) is 4. The number of sulfone groups is 1. The third-order valence-corrected chi connectivity index (χ3v) is 7.89. The highest BCUT2D eigenvalue weighted by Gasteiger charge is 2.39. The van der Waals surface area contributed by atoms with Gasteiger partial charge in [-0.25, -0.2) is 8.42 Å². The Balaban J connectivity index is 1.54. The summed E-state index contributed by atoms with van der Waals surface area (Å²) in [5.41, 5.74) is 2.47. The highest BCUT2D eigenvalue weighted by Crippen LogP contribution is 2.31. The normalized spacial score (nSPS) is 25.2. The van der Waals surface area contributed by atoms with Gasteiger partial charge < -0.3 is 9.80 Å². The lowest BCUT2D eigenvalue weighted by molar-refractivity contribution is -0.134.